The van der Waals surface area contributed by atoms with E-state index in [1.54, 1.807) is 0 Å². The molecule has 21 heavy (non-hydrogen) atoms. The molecule has 0 amide bonds. The molecule has 6 heteroatoms. The van der Waals surface area contributed by atoms with Crippen LogP contribution >= 0.6 is 0 Å². The molecule has 1 atom stereocenters. The zero-order chi connectivity index (χ0) is 16.1. The molecule has 2 rings (SSSR count). The Bertz CT molecular complexity index is 538. The molecule has 0 aromatic heterocycles. The summed E-state index contributed by atoms with van der Waals surface area (Å²) in [7, 11) is 0. The monoisotopic (exact) mass is 301 g/mol. The van der Waals surface area contributed by atoms with Crippen LogP contribution in [0.3, 0.4) is 0 Å². The van der Waals surface area contributed by atoms with Crippen LogP contribution in [-0.2, 0) is 4.74 Å². The lowest BCUT2D eigenvalue weighted by molar-refractivity contribution is -0.0846. The van der Waals surface area contributed by atoms with Crippen LogP contribution in [0.25, 0.3) is 0 Å². The minimum atomic E-state index is -4.98. The molecule has 1 aliphatic rings. The molecule has 0 saturated carbocycles. The van der Waals surface area contributed by atoms with Crippen LogP contribution in [0.15, 0.2) is 18.2 Å². The van der Waals surface area contributed by atoms with E-state index in [0.717, 1.165) is 6.07 Å². The molecule has 0 radical (unpaired) electrons. The maximum absolute atomic E-state index is 12.8. The first-order chi connectivity index (χ1) is 9.41. The average Bonchev–Trinajstić information content (AvgIpc) is 2.44. The summed E-state index contributed by atoms with van der Waals surface area (Å²) >= 11 is 0. The van der Waals surface area contributed by atoms with E-state index in [2.05, 4.69) is 0 Å². The van der Waals surface area contributed by atoms with Gasteiger partial charge in [0.1, 0.15) is 17.5 Å². The summed E-state index contributed by atoms with van der Waals surface area (Å²) in [5.41, 5.74) is -1.14. The number of rotatable bonds is 3. The van der Waals surface area contributed by atoms with E-state index in [0.29, 0.717) is 12.2 Å². The van der Waals surface area contributed by atoms with Gasteiger partial charge in [-0.2, -0.15) is 0 Å². The van der Waals surface area contributed by atoms with Crippen molar-refractivity contribution in [2.24, 2.45) is 0 Å². The van der Waals surface area contributed by atoms with Gasteiger partial charge in [-0.1, -0.05) is 11.6 Å². The maximum atomic E-state index is 12.8. The van der Waals surface area contributed by atoms with Gasteiger partial charge in [-0.05, 0) is 46.8 Å². The van der Waals surface area contributed by atoms with Crippen LogP contribution in [-0.4, -0.2) is 24.3 Å². The Hall–Kier alpha value is -1.17. The molecule has 2 nitrogen and oxygen atoms in total. The third-order valence-electron chi connectivity index (χ3n) is 3.86. The van der Waals surface area contributed by atoms with Gasteiger partial charge in [0.15, 0.2) is 0 Å². The molecule has 0 bridgehead atoms. The molecule has 118 valence electrons. The number of aryl methyl sites for hydroxylation is 1. The molecule has 0 spiro atoms. The lowest BCUT2D eigenvalue weighted by Gasteiger charge is -2.28. The second-order valence-electron chi connectivity index (χ2n) is 6.87. The van der Waals surface area contributed by atoms with Crippen molar-refractivity contribution >= 4 is 12.4 Å². The second kappa shape index (κ2) is 4.94. The quantitative estimate of drug-likeness (QED) is 0.791. The van der Waals surface area contributed by atoms with Crippen LogP contribution in [0.2, 0.25) is 0 Å². The Labute approximate surface area is 123 Å². The summed E-state index contributed by atoms with van der Waals surface area (Å²) in [5.74, 6) is 0.454. The van der Waals surface area contributed by atoms with Gasteiger partial charge in [-0.15, -0.1) is 5.46 Å². The first kappa shape index (κ1) is 16.2. The molecule has 1 aromatic carbocycles. The molecule has 0 aliphatic carbocycles. The lowest BCUT2D eigenvalue weighted by atomic mass is 9.77. The summed E-state index contributed by atoms with van der Waals surface area (Å²) in [6, 6.07) is 3.93. The zero-order valence-corrected chi connectivity index (χ0v) is 13.0. The van der Waals surface area contributed by atoms with Gasteiger partial charge in [0, 0.05) is 6.42 Å². The van der Waals surface area contributed by atoms with Crippen molar-refractivity contribution in [1.82, 2.24) is 0 Å². The van der Waals surface area contributed by atoms with Crippen molar-refractivity contribution in [2.45, 2.75) is 58.3 Å². The number of hydrogen-bond acceptors (Lipinski definition) is 2. The Morgan fingerprint density at radius 2 is 1.81 bits per heavy atom. The third kappa shape index (κ3) is 3.54. The molecule has 1 heterocycles. The van der Waals surface area contributed by atoms with Crippen molar-refractivity contribution in [2.75, 3.05) is 0 Å². The lowest BCUT2D eigenvalue weighted by Crippen LogP contribution is -2.38. The highest BCUT2D eigenvalue weighted by molar-refractivity contribution is 6.74. The molecule has 1 saturated heterocycles. The zero-order valence-electron chi connectivity index (χ0n) is 13.0. The maximum Gasteiger partial charge on any atom is 0.509 e. The highest BCUT2D eigenvalue weighted by Gasteiger charge is 2.47. The molecule has 1 aliphatic heterocycles. The van der Waals surface area contributed by atoms with Gasteiger partial charge in [-0.3, -0.25) is 0 Å². The van der Waals surface area contributed by atoms with Crippen molar-refractivity contribution < 1.29 is 22.4 Å². The van der Waals surface area contributed by atoms with Gasteiger partial charge in [0.2, 0.25) is 0 Å². The number of halogens is 3. The van der Waals surface area contributed by atoms with E-state index in [4.69, 9.17) is 9.47 Å². The van der Waals surface area contributed by atoms with Crippen LogP contribution in [0, 0.1) is 6.92 Å². The highest BCUT2D eigenvalue weighted by atomic mass is 19.4. The molecular formula is C15H21BF3O2-. The third-order valence-corrected chi connectivity index (χ3v) is 3.86. The van der Waals surface area contributed by atoms with Crippen LogP contribution in [0.1, 0.15) is 39.7 Å². The second-order valence-corrected chi connectivity index (χ2v) is 6.87. The van der Waals surface area contributed by atoms with Gasteiger partial charge in [0.25, 0.3) is 0 Å². The first-order valence-electron chi connectivity index (χ1n) is 7.08. The van der Waals surface area contributed by atoms with Crippen molar-refractivity contribution in [1.29, 1.82) is 0 Å². The van der Waals surface area contributed by atoms with E-state index in [1.807, 2.05) is 27.7 Å². The topological polar surface area (TPSA) is 18.5 Å². The van der Waals surface area contributed by atoms with E-state index in [1.165, 1.54) is 19.1 Å². The van der Waals surface area contributed by atoms with Crippen molar-refractivity contribution in [3.63, 3.8) is 0 Å². The molecular weight excluding hydrogens is 280 g/mol. The van der Waals surface area contributed by atoms with Gasteiger partial charge >= 0.3 is 6.98 Å². The summed E-state index contributed by atoms with van der Waals surface area (Å²) in [6.45, 7) is 4.32. The Kier molecular flexibility index (Phi) is 3.81. The number of hydrogen-bond donors (Lipinski definition) is 0. The Balaban J connectivity index is 2.20. The van der Waals surface area contributed by atoms with Crippen molar-refractivity contribution in [3.8, 4) is 5.75 Å². The first-order valence-corrected chi connectivity index (χ1v) is 7.08. The van der Waals surface area contributed by atoms with Crippen LogP contribution in [0.4, 0.5) is 12.9 Å². The van der Waals surface area contributed by atoms with Crippen LogP contribution in [0.5, 0.6) is 5.75 Å². The highest BCUT2D eigenvalue weighted by Crippen LogP contribution is 2.39. The average molecular weight is 301 g/mol. The van der Waals surface area contributed by atoms with E-state index < -0.39 is 18.0 Å². The standard InChI is InChI=1S/C15H21BF3O2/c1-10-8-11(6-7-12(10)16(17,18)19)20-13-9-14(2,3)21-15(13,4)5/h6-8,13H,9H2,1-5H3/q-1. The van der Waals surface area contributed by atoms with Crippen molar-refractivity contribution in [3.05, 3.63) is 23.8 Å². The fourth-order valence-electron chi connectivity index (χ4n) is 2.95. The SMILES string of the molecule is Cc1cc(OC2CC(C)(C)OC2(C)C)ccc1[B-](F)(F)F. The number of ether oxygens (including phenoxy) is 2. The summed E-state index contributed by atoms with van der Waals surface area (Å²) in [6.07, 6.45) is 0.512. The largest absolute Gasteiger partial charge is 0.509 e. The van der Waals surface area contributed by atoms with Gasteiger partial charge < -0.3 is 22.4 Å². The Morgan fingerprint density at radius 1 is 1.19 bits per heavy atom. The molecule has 1 unspecified atom stereocenters. The van der Waals surface area contributed by atoms with Gasteiger partial charge in [-0.25, -0.2) is 0 Å². The minimum absolute atomic E-state index is 0.186. The molecule has 1 fully saturated rings. The van der Waals surface area contributed by atoms with Crippen LogP contribution < -0.4 is 10.2 Å². The fourth-order valence-corrected chi connectivity index (χ4v) is 2.95. The Morgan fingerprint density at radius 3 is 2.24 bits per heavy atom. The predicted octanol–water partition coefficient (Wildman–Crippen LogP) is 3.77. The number of benzene rings is 1. The minimum Gasteiger partial charge on any atom is -0.487 e. The van der Waals surface area contributed by atoms with Gasteiger partial charge in [0.05, 0.1) is 5.60 Å². The normalized spacial score (nSPS) is 24.1. The smallest absolute Gasteiger partial charge is 0.487 e. The summed E-state index contributed by atoms with van der Waals surface area (Å²) in [5, 5.41) is 0. The van der Waals surface area contributed by atoms with E-state index >= 15 is 0 Å². The summed E-state index contributed by atoms with van der Waals surface area (Å²) in [4.78, 5) is 0. The van der Waals surface area contributed by atoms with E-state index in [-0.39, 0.29) is 17.3 Å². The van der Waals surface area contributed by atoms with E-state index in [9.17, 15) is 12.9 Å². The predicted molar refractivity (Wildman–Crippen MR) is 78.2 cm³/mol. The molecule has 0 N–H and O–H groups in total. The fraction of sp³-hybridized carbons (Fsp3) is 0.600. The summed E-state index contributed by atoms with van der Waals surface area (Å²) < 4.78 is 50.3. The molecule has 1 aromatic rings.